The van der Waals surface area contributed by atoms with E-state index in [0.29, 0.717) is 61.4 Å². The molecule has 0 spiro atoms. The number of carbonyl (C=O) groups excluding carboxylic acids is 1. The van der Waals surface area contributed by atoms with E-state index >= 15 is 0 Å². The number of rotatable bonds is 4. The number of nitrogens with two attached hydrogens (primary N) is 1. The van der Waals surface area contributed by atoms with Gasteiger partial charge in [0.1, 0.15) is 0 Å². The normalized spacial score (nSPS) is 17.0. The molecule has 0 aliphatic carbocycles. The Labute approximate surface area is 186 Å². The van der Waals surface area contributed by atoms with Crippen molar-refractivity contribution in [1.82, 2.24) is 4.90 Å². The van der Waals surface area contributed by atoms with Crippen LogP contribution in [0.1, 0.15) is 10.4 Å². The van der Waals surface area contributed by atoms with E-state index in [1.165, 1.54) is 7.05 Å². The third-order valence-electron chi connectivity index (χ3n) is 5.81. The van der Waals surface area contributed by atoms with Gasteiger partial charge in [0.15, 0.2) is 7.05 Å². The van der Waals surface area contributed by atoms with Gasteiger partial charge in [-0.2, -0.15) is 0 Å². The van der Waals surface area contributed by atoms with Crippen LogP contribution in [0.5, 0.6) is 0 Å². The Balaban J connectivity index is 1.53. The number of amides is 1. The van der Waals surface area contributed by atoms with Crippen LogP contribution in [0.3, 0.4) is 0 Å². The zero-order valence-corrected chi connectivity index (χ0v) is 18.3. The number of carbonyl (C=O) groups is 1. The van der Waals surface area contributed by atoms with Crippen molar-refractivity contribution in [2.45, 2.75) is 0 Å². The monoisotopic (exact) mass is 444 g/mol. The summed E-state index contributed by atoms with van der Waals surface area (Å²) < 4.78 is 6.23. The van der Waals surface area contributed by atoms with Crippen LogP contribution in [0.4, 0.5) is 22.7 Å². The lowest BCUT2D eigenvalue weighted by Gasteiger charge is -2.37. The van der Waals surface area contributed by atoms with E-state index in [0.717, 1.165) is 29.2 Å². The third-order valence-corrected chi connectivity index (χ3v) is 6.11. The van der Waals surface area contributed by atoms with Crippen LogP contribution in [0.25, 0.3) is 0 Å². The number of nitroso groups, excluding NO2 is 1. The number of ether oxygens (including phenoxy) is 1. The minimum absolute atomic E-state index is 0.0618. The molecule has 0 unspecified atom stereocenters. The first-order chi connectivity index (χ1) is 14.9. The second kappa shape index (κ2) is 9.11. The summed E-state index contributed by atoms with van der Waals surface area (Å²) in [5, 5.41) is 0.612. The molecule has 0 bridgehead atoms. The summed E-state index contributed by atoms with van der Waals surface area (Å²) in [6.07, 6.45) is 0. The highest BCUT2D eigenvalue weighted by molar-refractivity contribution is 6.33. The van der Waals surface area contributed by atoms with Crippen molar-refractivity contribution >= 4 is 40.3 Å². The molecule has 4 rings (SSSR count). The summed E-state index contributed by atoms with van der Waals surface area (Å²) in [6, 6.07) is 10.8. The van der Waals surface area contributed by atoms with E-state index in [1.54, 1.807) is 18.2 Å². The molecule has 1 amide bonds. The Kier molecular flexibility index (Phi) is 6.29. The van der Waals surface area contributed by atoms with Crippen LogP contribution in [-0.4, -0.2) is 75.1 Å². The van der Waals surface area contributed by atoms with Gasteiger partial charge in [-0.15, -0.1) is 0 Å². The number of piperazine rings is 1. The maximum absolute atomic E-state index is 13.5. The van der Waals surface area contributed by atoms with Gasteiger partial charge >= 0.3 is 0 Å². The lowest BCUT2D eigenvalue weighted by atomic mass is 10.1. The average molecular weight is 445 g/mol. The zero-order valence-electron chi connectivity index (χ0n) is 17.6. The summed E-state index contributed by atoms with van der Waals surface area (Å²) in [4.78, 5) is 31.5. The number of hydrogen-bond donors (Lipinski definition) is 1. The molecule has 0 saturated carbocycles. The smallest absolute Gasteiger partial charge is 0.256 e. The maximum Gasteiger partial charge on any atom is 0.256 e. The van der Waals surface area contributed by atoms with E-state index in [4.69, 9.17) is 22.1 Å². The van der Waals surface area contributed by atoms with Crippen molar-refractivity contribution in [3.63, 3.8) is 0 Å². The molecule has 2 aliphatic rings. The molecule has 9 heteroatoms. The molecule has 0 radical (unpaired) electrons. The molecular formula is C22H27ClN5O3+. The van der Waals surface area contributed by atoms with Crippen LogP contribution in [0, 0.1) is 4.91 Å². The Morgan fingerprint density at radius 3 is 2.26 bits per heavy atom. The fraction of sp³-hybridized carbons (Fsp3) is 0.409. The lowest BCUT2D eigenvalue weighted by molar-refractivity contribution is -0.428. The largest absolute Gasteiger partial charge is 0.399 e. The fourth-order valence-corrected chi connectivity index (χ4v) is 4.38. The number of halogens is 1. The number of benzene rings is 2. The number of nitrogens with zero attached hydrogens (tertiary/aromatic N) is 4. The van der Waals surface area contributed by atoms with E-state index in [2.05, 4.69) is 9.80 Å². The molecular weight excluding hydrogens is 418 g/mol. The first kappa shape index (κ1) is 21.4. The number of nitrogen functional groups attached to an aromatic ring is 1. The van der Waals surface area contributed by atoms with E-state index in [1.807, 2.05) is 23.1 Å². The molecule has 0 aromatic heterocycles. The minimum Gasteiger partial charge on any atom is -0.399 e. The predicted octanol–water partition coefficient (Wildman–Crippen LogP) is 2.76. The van der Waals surface area contributed by atoms with E-state index in [-0.39, 0.29) is 5.91 Å². The van der Waals surface area contributed by atoms with Gasteiger partial charge in [-0.1, -0.05) is 11.6 Å². The number of anilines is 3. The summed E-state index contributed by atoms with van der Waals surface area (Å²) in [6.45, 7) is 5.16. The van der Waals surface area contributed by atoms with Crippen molar-refractivity contribution in [3.05, 3.63) is 51.9 Å². The van der Waals surface area contributed by atoms with Crippen molar-refractivity contribution < 1.29 is 14.3 Å². The molecule has 31 heavy (non-hydrogen) atoms. The van der Waals surface area contributed by atoms with Gasteiger partial charge in [0.2, 0.25) is 0 Å². The van der Waals surface area contributed by atoms with Gasteiger partial charge in [0.05, 0.1) is 35.2 Å². The average Bonchev–Trinajstić information content (AvgIpc) is 2.79. The topological polar surface area (TPSA) is 82.1 Å². The summed E-state index contributed by atoms with van der Waals surface area (Å²) in [5.74, 6) is -0.0618. The number of morpholine rings is 1. The Hall–Kier alpha value is -2.84. The quantitative estimate of drug-likeness (QED) is 0.576. The fourth-order valence-electron chi connectivity index (χ4n) is 4.07. The Morgan fingerprint density at radius 1 is 0.968 bits per heavy atom. The van der Waals surface area contributed by atoms with Crippen molar-refractivity contribution in [2.24, 2.45) is 0 Å². The highest BCUT2D eigenvalue weighted by Gasteiger charge is 2.28. The van der Waals surface area contributed by atoms with Crippen molar-refractivity contribution in [2.75, 3.05) is 75.1 Å². The van der Waals surface area contributed by atoms with Gasteiger partial charge in [-0.05, 0) is 24.3 Å². The van der Waals surface area contributed by atoms with Crippen LogP contribution < -0.4 is 15.5 Å². The predicted molar refractivity (Wildman–Crippen MR) is 123 cm³/mol. The molecule has 2 N–H and O–H groups in total. The van der Waals surface area contributed by atoms with Crippen molar-refractivity contribution in [3.8, 4) is 0 Å². The zero-order chi connectivity index (χ0) is 22.0. The van der Waals surface area contributed by atoms with Gasteiger partial charge in [0.25, 0.3) is 11.6 Å². The highest BCUT2D eigenvalue weighted by Crippen LogP contribution is 2.30. The molecule has 8 nitrogen and oxygen atoms in total. The first-order valence-electron chi connectivity index (χ1n) is 10.4. The molecule has 2 aromatic carbocycles. The highest BCUT2D eigenvalue weighted by atomic mass is 35.5. The van der Waals surface area contributed by atoms with Crippen LogP contribution >= 0.6 is 11.6 Å². The van der Waals surface area contributed by atoms with Gasteiger partial charge < -0.3 is 25.2 Å². The van der Waals surface area contributed by atoms with Gasteiger partial charge in [-0.3, -0.25) is 4.79 Å². The standard InChI is InChI=1S/C22H27ClN5O3/c1-25(30)17-3-5-20(27-10-12-31-13-11-27)18(15-17)22(29)28-8-6-26(7-9-28)21-4-2-16(24)14-19(21)23/h2-5,14-15H,6-13,24H2,1H3/q+1. The molecule has 2 aromatic rings. The first-order valence-corrected chi connectivity index (χ1v) is 10.8. The molecule has 2 fully saturated rings. The summed E-state index contributed by atoms with van der Waals surface area (Å²) >= 11 is 6.36. The summed E-state index contributed by atoms with van der Waals surface area (Å²) in [5.41, 5.74) is 9.22. The maximum atomic E-state index is 13.5. The Bertz CT molecular complexity index is 985. The molecule has 2 aliphatic heterocycles. The van der Waals surface area contributed by atoms with Gasteiger partial charge in [-0.25, -0.2) is 0 Å². The van der Waals surface area contributed by atoms with E-state index < -0.39 is 0 Å². The third kappa shape index (κ3) is 4.60. The van der Waals surface area contributed by atoms with Crippen LogP contribution in [0.15, 0.2) is 36.4 Å². The molecule has 0 atom stereocenters. The van der Waals surface area contributed by atoms with Crippen molar-refractivity contribution in [1.29, 1.82) is 0 Å². The SMILES string of the molecule is C[N+](=O)c1ccc(N2CCOCC2)c(C(=O)N2CCN(c3ccc(N)cc3Cl)CC2)c1. The van der Waals surface area contributed by atoms with Crippen LogP contribution in [-0.2, 0) is 4.74 Å². The lowest BCUT2D eigenvalue weighted by Crippen LogP contribution is -2.49. The second-order valence-corrected chi connectivity index (χ2v) is 8.20. The molecule has 164 valence electrons. The van der Waals surface area contributed by atoms with Crippen LogP contribution in [0.2, 0.25) is 5.02 Å². The minimum atomic E-state index is -0.0618. The Morgan fingerprint density at radius 2 is 1.61 bits per heavy atom. The second-order valence-electron chi connectivity index (χ2n) is 7.79. The van der Waals surface area contributed by atoms with Gasteiger partial charge in [0, 0.05) is 66.8 Å². The molecule has 2 heterocycles. The number of hydrogen-bond acceptors (Lipinski definition) is 6. The summed E-state index contributed by atoms with van der Waals surface area (Å²) in [7, 11) is 1.44. The molecule has 2 saturated heterocycles. The van der Waals surface area contributed by atoms with E-state index in [9.17, 15) is 9.70 Å².